The summed E-state index contributed by atoms with van der Waals surface area (Å²) in [6.07, 6.45) is 0. The molecule has 0 spiro atoms. The fourth-order valence-corrected chi connectivity index (χ4v) is 3.36. The molecule has 0 saturated carbocycles. The summed E-state index contributed by atoms with van der Waals surface area (Å²) >= 11 is 0. The van der Waals surface area contributed by atoms with Gasteiger partial charge in [-0.05, 0) is 39.8 Å². The highest BCUT2D eigenvalue weighted by Crippen LogP contribution is 2.28. The highest BCUT2D eigenvalue weighted by molar-refractivity contribution is 6.14. The molecule has 4 heteroatoms. The lowest BCUT2D eigenvalue weighted by Gasteiger charge is -2.11. The number of aryl methyl sites for hydroxylation is 2. The summed E-state index contributed by atoms with van der Waals surface area (Å²) in [5, 5.41) is 3.24. The van der Waals surface area contributed by atoms with Crippen LogP contribution in [0.4, 0.5) is 0 Å². The molecule has 120 valence electrons. The smallest absolute Gasteiger partial charge is 0.192 e. The Hall–Kier alpha value is -2.88. The Morgan fingerprint density at radius 2 is 0.917 bits per heavy atom. The van der Waals surface area contributed by atoms with Gasteiger partial charge in [0.25, 0.3) is 0 Å². The lowest BCUT2D eigenvalue weighted by molar-refractivity contribution is 1.18. The molecule has 24 heavy (non-hydrogen) atoms. The van der Waals surface area contributed by atoms with Crippen LogP contribution in [0.1, 0.15) is 22.5 Å². The Morgan fingerprint density at radius 3 is 1.29 bits per heavy atom. The van der Waals surface area contributed by atoms with Crippen molar-refractivity contribution in [1.82, 2.24) is 9.97 Å². The van der Waals surface area contributed by atoms with Crippen molar-refractivity contribution in [3.05, 3.63) is 67.2 Å². The summed E-state index contributed by atoms with van der Waals surface area (Å²) < 4.78 is 0. The van der Waals surface area contributed by atoms with E-state index in [-0.39, 0.29) is 10.9 Å². The third-order valence-corrected chi connectivity index (χ3v) is 5.12. The van der Waals surface area contributed by atoms with Gasteiger partial charge in [-0.25, -0.2) is 0 Å². The third-order valence-electron chi connectivity index (χ3n) is 5.12. The SMILES string of the molecule is Cc1[nH]c2c(ccc3c2ccc2c(=O)c(C)c(C)[nH]c23)c(=O)c1C. The van der Waals surface area contributed by atoms with Gasteiger partial charge >= 0.3 is 0 Å². The molecule has 0 fully saturated rings. The van der Waals surface area contributed by atoms with Crippen LogP contribution in [0.15, 0.2) is 33.9 Å². The normalized spacial score (nSPS) is 11.7. The van der Waals surface area contributed by atoms with Gasteiger partial charge in [0.2, 0.25) is 0 Å². The molecule has 4 nitrogen and oxygen atoms in total. The Labute approximate surface area is 138 Å². The number of rotatable bonds is 0. The number of nitrogens with one attached hydrogen (secondary N) is 2. The topological polar surface area (TPSA) is 65.7 Å². The van der Waals surface area contributed by atoms with Gasteiger partial charge < -0.3 is 9.97 Å². The molecule has 0 amide bonds. The zero-order valence-corrected chi connectivity index (χ0v) is 14.1. The molecule has 0 aliphatic rings. The molecular formula is C20H18N2O2. The Bertz CT molecular complexity index is 1180. The van der Waals surface area contributed by atoms with Gasteiger partial charge in [0.1, 0.15) is 0 Å². The summed E-state index contributed by atoms with van der Waals surface area (Å²) in [4.78, 5) is 31.8. The minimum Gasteiger partial charge on any atom is -0.358 e. The van der Waals surface area contributed by atoms with Crippen molar-refractivity contribution in [2.75, 3.05) is 0 Å². The fraction of sp³-hybridized carbons (Fsp3) is 0.200. The van der Waals surface area contributed by atoms with E-state index in [9.17, 15) is 9.59 Å². The van der Waals surface area contributed by atoms with Crippen LogP contribution >= 0.6 is 0 Å². The van der Waals surface area contributed by atoms with E-state index in [0.29, 0.717) is 10.8 Å². The molecule has 2 aromatic heterocycles. The van der Waals surface area contributed by atoms with Crippen molar-refractivity contribution in [3.8, 4) is 0 Å². The van der Waals surface area contributed by atoms with Gasteiger partial charge in [0, 0.05) is 44.1 Å². The molecule has 0 aliphatic heterocycles. The maximum Gasteiger partial charge on any atom is 0.192 e. The summed E-state index contributed by atoms with van der Waals surface area (Å²) in [6.45, 7) is 7.49. The van der Waals surface area contributed by atoms with Crippen LogP contribution in [0.25, 0.3) is 32.6 Å². The average molecular weight is 318 g/mol. The Balaban J connectivity index is 2.30. The number of aromatic amines is 2. The van der Waals surface area contributed by atoms with Gasteiger partial charge in [-0.15, -0.1) is 0 Å². The largest absolute Gasteiger partial charge is 0.358 e. The Morgan fingerprint density at radius 1 is 0.583 bits per heavy atom. The second-order valence-electron chi connectivity index (χ2n) is 6.48. The van der Waals surface area contributed by atoms with Crippen molar-refractivity contribution >= 4 is 32.6 Å². The molecule has 0 radical (unpaired) electrons. The predicted molar refractivity (Wildman–Crippen MR) is 99.1 cm³/mol. The molecule has 0 aliphatic carbocycles. The van der Waals surface area contributed by atoms with Crippen molar-refractivity contribution in [2.45, 2.75) is 27.7 Å². The fourth-order valence-electron chi connectivity index (χ4n) is 3.36. The van der Waals surface area contributed by atoms with Crippen LogP contribution < -0.4 is 10.9 Å². The standard InChI is InChI=1S/C20H18N2O2/c1-9-11(3)21-17-13-6-8-16-18(22-12(4)10(2)20(16)24)14(13)5-7-15(17)19(9)23/h5-8H,1-4H3,(H,21,23)(H,22,24). The van der Waals surface area contributed by atoms with E-state index >= 15 is 0 Å². The quantitative estimate of drug-likeness (QED) is 0.485. The molecule has 0 bridgehead atoms. The predicted octanol–water partition coefficient (Wildman–Crippen LogP) is 3.76. The maximum atomic E-state index is 12.5. The average Bonchev–Trinajstić information content (AvgIpc) is 2.57. The zero-order valence-electron chi connectivity index (χ0n) is 14.1. The Kier molecular flexibility index (Phi) is 2.94. The van der Waals surface area contributed by atoms with E-state index in [1.165, 1.54) is 0 Å². The molecule has 0 saturated heterocycles. The minimum atomic E-state index is 0.0526. The highest BCUT2D eigenvalue weighted by atomic mass is 16.1. The minimum absolute atomic E-state index is 0.0526. The monoisotopic (exact) mass is 318 g/mol. The lowest BCUT2D eigenvalue weighted by Crippen LogP contribution is -2.11. The van der Waals surface area contributed by atoms with Gasteiger partial charge in [-0.2, -0.15) is 0 Å². The van der Waals surface area contributed by atoms with Crippen molar-refractivity contribution < 1.29 is 0 Å². The van der Waals surface area contributed by atoms with E-state index in [2.05, 4.69) is 9.97 Å². The first-order valence-corrected chi connectivity index (χ1v) is 7.98. The molecule has 4 aromatic rings. The number of fused-ring (bicyclic) bond motifs is 5. The first-order chi connectivity index (χ1) is 11.4. The molecule has 0 atom stereocenters. The number of hydrogen-bond donors (Lipinski definition) is 2. The number of aromatic nitrogens is 2. The van der Waals surface area contributed by atoms with E-state index < -0.39 is 0 Å². The first-order valence-electron chi connectivity index (χ1n) is 7.98. The number of pyridine rings is 2. The van der Waals surface area contributed by atoms with Crippen LogP contribution in [0, 0.1) is 27.7 Å². The lowest BCUT2D eigenvalue weighted by atomic mass is 10.00. The second kappa shape index (κ2) is 4.81. The van der Waals surface area contributed by atoms with Crippen LogP contribution in [-0.4, -0.2) is 9.97 Å². The van der Waals surface area contributed by atoms with E-state index in [1.807, 2.05) is 52.0 Å². The first kappa shape index (κ1) is 14.7. The third kappa shape index (κ3) is 1.80. The number of H-pyrrole nitrogens is 2. The van der Waals surface area contributed by atoms with E-state index in [0.717, 1.165) is 44.3 Å². The summed E-state index contributed by atoms with van der Waals surface area (Å²) in [5.74, 6) is 0. The van der Waals surface area contributed by atoms with Crippen LogP contribution in [0.3, 0.4) is 0 Å². The number of benzene rings is 2. The van der Waals surface area contributed by atoms with Crippen LogP contribution in [-0.2, 0) is 0 Å². The van der Waals surface area contributed by atoms with Crippen LogP contribution in [0.2, 0.25) is 0 Å². The maximum absolute atomic E-state index is 12.5. The van der Waals surface area contributed by atoms with Crippen molar-refractivity contribution in [3.63, 3.8) is 0 Å². The van der Waals surface area contributed by atoms with Gasteiger partial charge in [-0.3, -0.25) is 9.59 Å². The molecule has 2 aromatic carbocycles. The highest BCUT2D eigenvalue weighted by Gasteiger charge is 2.12. The molecule has 2 heterocycles. The van der Waals surface area contributed by atoms with E-state index in [4.69, 9.17) is 0 Å². The summed E-state index contributed by atoms with van der Waals surface area (Å²) in [6, 6.07) is 7.54. The van der Waals surface area contributed by atoms with Crippen molar-refractivity contribution in [1.29, 1.82) is 0 Å². The van der Waals surface area contributed by atoms with Gasteiger partial charge in [0.15, 0.2) is 10.9 Å². The van der Waals surface area contributed by atoms with Gasteiger partial charge in [0.05, 0.1) is 11.0 Å². The molecule has 4 rings (SSSR count). The van der Waals surface area contributed by atoms with Crippen LogP contribution in [0.5, 0.6) is 0 Å². The molecule has 2 N–H and O–H groups in total. The molecular weight excluding hydrogens is 300 g/mol. The molecule has 0 unspecified atom stereocenters. The number of hydrogen-bond acceptors (Lipinski definition) is 2. The summed E-state index contributed by atoms with van der Waals surface area (Å²) in [7, 11) is 0. The second-order valence-corrected chi connectivity index (χ2v) is 6.48. The van der Waals surface area contributed by atoms with Gasteiger partial charge in [-0.1, -0.05) is 12.1 Å². The zero-order chi connectivity index (χ0) is 17.2. The van der Waals surface area contributed by atoms with Crippen molar-refractivity contribution in [2.24, 2.45) is 0 Å². The summed E-state index contributed by atoms with van der Waals surface area (Å²) in [5.41, 5.74) is 4.96. The van der Waals surface area contributed by atoms with E-state index in [1.54, 1.807) is 0 Å².